The zero-order valence-corrected chi connectivity index (χ0v) is 10.3. The first-order chi connectivity index (χ1) is 8.34. The summed E-state index contributed by atoms with van der Waals surface area (Å²) in [7, 11) is 0. The highest BCUT2D eigenvalue weighted by molar-refractivity contribution is 5.48. The van der Waals surface area contributed by atoms with Gasteiger partial charge in [-0.15, -0.1) is 0 Å². The molecule has 1 saturated heterocycles. The number of aliphatic hydroxyl groups excluding tert-OH is 1. The van der Waals surface area contributed by atoms with E-state index in [0.717, 1.165) is 26.1 Å². The second kappa shape index (κ2) is 6.58. The normalized spacial score (nSPS) is 18.9. The Morgan fingerprint density at radius 2 is 1.88 bits per heavy atom. The molecule has 2 rings (SSSR count). The Labute approximate surface area is 104 Å². The molecule has 1 aromatic rings. The molecule has 1 atom stereocenters. The van der Waals surface area contributed by atoms with Crippen LogP contribution in [0, 0.1) is 0 Å². The Morgan fingerprint density at radius 3 is 2.59 bits per heavy atom. The van der Waals surface area contributed by atoms with Crippen molar-refractivity contribution in [1.29, 1.82) is 0 Å². The van der Waals surface area contributed by atoms with Crippen LogP contribution in [-0.2, 0) is 0 Å². The molecule has 1 aliphatic heterocycles. The Hall–Kier alpha value is -1.12. The average molecular weight is 231 g/mol. The van der Waals surface area contributed by atoms with E-state index < -0.39 is 0 Å². The summed E-state index contributed by atoms with van der Waals surface area (Å²) in [5.41, 5.74) is 1.20. The summed E-state index contributed by atoms with van der Waals surface area (Å²) in [5, 5.41) is 9.89. The van der Waals surface area contributed by atoms with Gasteiger partial charge in [-0.1, -0.05) is 42.5 Å². The molecule has 0 bridgehead atoms. The highest BCUT2D eigenvalue weighted by Gasteiger charge is 2.14. The van der Waals surface area contributed by atoms with Gasteiger partial charge in [-0.25, -0.2) is 0 Å². The van der Waals surface area contributed by atoms with Crippen LogP contribution < -0.4 is 0 Å². The van der Waals surface area contributed by atoms with Gasteiger partial charge >= 0.3 is 0 Å². The SMILES string of the molecule is OC(C/C=C/c1ccccc1)CN1CCCC1. The number of β-amino-alcohol motifs (C(OH)–C–C–N with tert-alkyl or cyclic N) is 1. The van der Waals surface area contributed by atoms with Crippen molar-refractivity contribution in [3.63, 3.8) is 0 Å². The summed E-state index contributed by atoms with van der Waals surface area (Å²) >= 11 is 0. The minimum absolute atomic E-state index is 0.229. The molecule has 1 heterocycles. The van der Waals surface area contributed by atoms with Crippen LogP contribution in [0.4, 0.5) is 0 Å². The van der Waals surface area contributed by atoms with Crippen molar-refractivity contribution in [3.05, 3.63) is 42.0 Å². The zero-order chi connectivity index (χ0) is 11.9. The lowest BCUT2D eigenvalue weighted by atomic mass is 10.1. The number of hydrogen-bond acceptors (Lipinski definition) is 2. The number of hydrogen-bond donors (Lipinski definition) is 1. The molecule has 1 aromatic carbocycles. The van der Waals surface area contributed by atoms with Crippen molar-refractivity contribution in [2.45, 2.75) is 25.4 Å². The number of nitrogens with zero attached hydrogens (tertiary/aromatic N) is 1. The average Bonchev–Trinajstić information content (AvgIpc) is 2.83. The van der Waals surface area contributed by atoms with E-state index in [9.17, 15) is 5.11 Å². The molecule has 0 saturated carbocycles. The molecule has 0 amide bonds. The fraction of sp³-hybridized carbons (Fsp3) is 0.467. The van der Waals surface area contributed by atoms with E-state index >= 15 is 0 Å². The van der Waals surface area contributed by atoms with Crippen LogP contribution in [-0.4, -0.2) is 35.7 Å². The molecule has 0 aliphatic carbocycles. The summed E-state index contributed by atoms with van der Waals surface area (Å²) < 4.78 is 0. The number of likely N-dealkylation sites (tertiary alicyclic amines) is 1. The highest BCUT2D eigenvalue weighted by atomic mass is 16.3. The van der Waals surface area contributed by atoms with Gasteiger partial charge in [-0.2, -0.15) is 0 Å². The fourth-order valence-corrected chi connectivity index (χ4v) is 2.26. The third-order valence-electron chi connectivity index (χ3n) is 3.19. The van der Waals surface area contributed by atoms with Crippen molar-refractivity contribution in [2.24, 2.45) is 0 Å². The van der Waals surface area contributed by atoms with Crippen molar-refractivity contribution < 1.29 is 5.11 Å². The van der Waals surface area contributed by atoms with Gasteiger partial charge in [0.1, 0.15) is 0 Å². The second-order valence-corrected chi connectivity index (χ2v) is 4.71. The first kappa shape index (κ1) is 12.3. The van der Waals surface area contributed by atoms with Gasteiger partial charge in [-0.05, 0) is 37.9 Å². The molecule has 17 heavy (non-hydrogen) atoms. The Morgan fingerprint density at radius 1 is 1.18 bits per heavy atom. The minimum atomic E-state index is -0.229. The minimum Gasteiger partial charge on any atom is -0.391 e. The molecule has 0 aromatic heterocycles. The van der Waals surface area contributed by atoms with Crippen LogP contribution in [0.5, 0.6) is 0 Å². The smallest absolute Gasteiger partial charge is 0.0701 e. The molecule has 2 heteroatoms. The molecular formula is C15H21NO. The van der Waals surface area contributed by atoms with Gasteiger partial charge in [-0.3, -0.25) is 0 Å². The van der Waals surface area contributed by atoms with Gasteiger partial charge < -0.3 is 10.0 Å². The van der Waals surface area contributed by atoms with E-state index in [2.05, 4.69) is 29.2 Å². The standard InChI is InChI=1S/C15H21NO/c17-15(13-16-11-4-5-12-16)10-6-9-14-7-2-1-3-8-14/h1-3,6-9,15,17H,4-5,10-13H2/b9-6+. The van der Waals surface area contributed by atoms with Crippen molar-refractivity contribution in [3.8, 4) is 0 Å². The van der Waals surface area contributed by atoms with E-state index in [4.69, 9.17) is 0 Å². The van der Waals surface area contributed by atoms with E-state index in [-0.39, 0.29) is 6.10 Å². The monoisotopic (exact) mass is 231 g/mol. The molecule has 0 radical (unpaired) electrons. The van der Waals surface area contributed by atoms with Gasteiger partial charge in [0, 0.05) is 6.54 Å². The number of benzene rings is 1. The third-order valence-corrected chi connectivity index (χ3v) is 3.19. The summed E-state index contributed by atoms with van der Waals surface area (Å²) in [6, 6.07) is 10.2. The van der Waals surface area contributed by atoms with Crippen LogP contribution in [0.15, 0.2) is 36.4 Å². The number of rotatable bonds is 5. The molecule has 2 nitrogen and oxygen atoms in total. The predicted octanol–water partition coefficient (Wildman–Crippen LogP) is 2.55. The Kier molecular flexibility index (Phi) is 4.77. The van der Waals surface area contributed by atoms with Crippen LogP contribution in [0.3, 0.4) is 0 Å². The van der Waals surface area contributed by atoms with Crippen LogP contribution in [0.1, 0.15) is 24.8 Å². The van der Waals surface area contributed by atoms with Gasteiger partial charge in [0.2, 0.25) is 0 Å². The molecule has 92 valence electrons. The summed E-state index contributed by atoms with van der Waals surface area (Å²) in [4.78, 5) is 2.35. The Bertz CT molecular complexity index is 341. The summed E-state index contributed by atoms with van der Waals surface area (Å²) in [6.07, 6.45) is 7.22. The fourth-order valence-electron chi connectivity index (χ4n) is 2.26. The lowest BCUT2D eigenvalue weighted by Gasteiger charge is -2.17. The largest absolute Gasteiger partial charge is 0.391 e. The molecular weight excluding hydrogens is 210 g/mol. The maximum absolute atomic E-state index is 9.89. The quantitative estimate of drug-likeness (QED) is 0.842. The first-order valence-electron chi connectivity index (χ1n) is 6.46. The predicted molar refractivity (Wildman–Crippen MR) is 71.8 cm³/mol. The third kappa shape index (κ3) is 4.33. The zero-order valence-electron chi connectivity index (χ0n) is 10.3. The molecule has 1 aliphatic rings. The molecule has 1 fully saturated rings. The van der Waals surface area contributed by atoms with Gasteiger partial charge in [0.05, 0.1) is 6.10 Å². The lowest BCUT2D eigenvalue weighted by molar-refractivity contribution is 0.127. The van der Waals surface area contributed by atoms with E-state index in [1.807, 2.05) is 18.2 Å². The molecule has 1 unspecified atom stereocenters. The van der Waals surface area contributed by atoms with Crippen molar-refractivity contribution in [2.75, 3.05) is 19.6 Å². The van der Waals surface area contributed by atoms with Crippen molar-refractivity contribution >= 4 is 6.08 Å². The van der Waals surface area contributed by atoms with Gasteiger partial charge in [0.25, 0.3) is 0 Å². The topological polar surface area (TPSA) is 23.5 Å². The first-order valence-corrected chi connectivity index (χ1v) is 6.46. The highest BCUT2D eigenvalue weighted by Crippen LogP contribution is 2.09. The maximum atomic E-state index is 9.89. The van der Waals surface area contributed by atoms with E-state index in [1.165, 1.54) is 18.4 Å². The van der Waals surface area contributed by atoms with Crippen LogP contribution in [0.25, 0.3) is 6.08 Å². The maximum Gasteiger partial charge on any atom is 0.0701 e. The van der Waals surface area contributed by atoms with Gasteiger partial charge in [0.15, 0.2) is 0 Å². The molecule has 0 spiro atoms. The molecule has 1 N–H and O–H groups in total. The summed E-state index contributed by atoms with van der Waals surface area (Å²) in [6.45, 7) is 3.12. The van der Waals surface area contributed by atoms with E-state index in [1.54, 1.807) is 0 Å². The number of aliphatic hydroxyl groups is 1. The summed E-state index contributed by atoms with van der Waals surface area (Å²) in [5.74, 6) is 0. The van der Waals surface area contributed by atoms with Crippen LogP contribution in [0.2, 0.25) is 0 Å². The lowest BCUT2D eigenvalue weighted by Crippen LogP contribution is -2.29. The second-order valence-electron chi connectivity index (χ2n) is 4.71. The van der Waals surface area contributed by atoms with E-state index in [0.29, 0.717) is 0 Å². The van der Waals surface area contributed by atoms with Crippen LogP contribution >= 0.6 is 0 Å². The Balaban J connectivity index is 1.72. The van der Waals surface area contributed by atoms with Crippen molar-refractivity contribution in [1.82, 2.24) is 4.90 Å².